The number of benzene rings is 1. The van der Waals surface area contributed by atoms with Crippen LogP contribution in [-0.2, 0) is 4.79 Å². The maximum atomic E-state index is 12.5. The van der Waals surface area contributed by atoms with Crippen molar-refractivity contribution in [3.8, 4) is 5.75 Å². The number of rotatable bonds is 6. The molecule has 0 heterocycles. The van der Waals surface area contributed by atoms with Crippen molar-refractivity contribution >= 4 is 17.7 Å². The second kappa shape index (κ2) is 8.34. The van der Waals surface area contributed by atoms with Gasteiger partial charge >= 0.3 is 6.18 Å². The van der Waals surface area contributed by atoms with Crippen molar-refractivity contribution < 1.29 is 22.7 Å². The van der Waals surface area contributed by atoms with Crippen molar-refractivity contribution in [2.75, 3.05) is 6.61 Å². The molecule has 2 rings (SSSR count). The molecule has 0 aliphatic heterocycles. The highest BCUT2D eigenvalue weighted by atomic mass is 32.2. The lowest BCUT2D eigenvalue weighted by molar-refractivity contribution is -0.153. The second-order valence-corrected chi connectivity index (χ2v) is 8.49. The molecule has 0 bridgehead atoms. The van der Waals surface area contributed by atoms with Crippen molar-refractivity contribution in [1.82, 2.24) is 5.32 Å². The van der Waals surface area contributed by atoms with Gasteiger partial charge in [-0.25, -0.2) is 0 Å². The average Bonchev–Trinajstić information content (AvgIpc) is 2.54. The van der Waals surface area contributed by atoms with E-state index in [0.29, 0.717) is 0 Å². The number of thioether (sulfide) groups is 1. The molecule has 0 atom stereocenters. The van der Waals surface area contributed by atoms with Crippen molar-refractivity contribution in [2.45, 2.75) is 67.8 Å². The fourth-order valence-corrected chi connectivity index (χ4v) is 3.73. The first kappa shape index (κ1) is 19.9. The minimum atomic E-state index is -4.35. The van der Waals surface area contributed by atoms with Crippen molar-refractivity contribution in [1.29, 1.82) is 0 Å². The first-order valence-electron chi connectivity index (χ1n) is 8.45. The Kier molecular flexibility index (Phi) is 6.65. The van der Waals surface area contributed by atoms with Crippen LogP contribution in [0.2, 0.25) is 0 Å². The molecule has 1 aliphatic carbocycles. The van der Waals surface area contributed by atoms with E-state index in [0.717, 1.165) is 30.6 Å². The smallest absolute Gasteiger partial charge is 0.422 e. The number of amides is 1. The highest BCUT2D eigenvalue weighted by Crippen LogP contribution is 2.34. The standard InChI is InChI=1S/C18H24F3NO2S/c1-17(2,16(23)22-13-6-4-3-5-7-13)25-15-10-8-14(9-11-15)24-12-18(19,20)21/h8-11,13H,3-7,12H2,1-2H3,(H,22,23). The topological polar surface area (TPSA) is 38.3 Å². The fourth-order valence-electron chi connectivity index (χ4n) is 2.72. The Balaban J connectivity index is 1.89. The van der Waals surface area contributed by atoms with E-state index in [1.807, 2.05) is 13.8 Å². The van der Waals surface area contributed by atoms with Gasteiger partial charge in [-0.3, -0.25) is 4.79 Å². The highest BCUT2D eigenvalue weighted by molar-refractivity contribution is 8.01. The zero-order valence-electron chi connectivity index (χ0n) is 14.5. The van der Waals surface area contributed by atoms with E-state index >= 15 is 0 Å². The summed E-state index contributed by atoms with van der Waals surface area (Å²) in [6.45, 7) is 2.39. The molecular weight excluding hydrogens is 351 g/mol. The van der Waals surface area contributed by atoms with Gasteiger partial charge in [0.05, 0.1) is 4.75 Å². The van der Waals surface area contributed by atoms with E-state index in [2.05, 4.69) is 10.1 Å². The third-order valence-electron chi connectivity index (χ3n) is 4.09. The molecule has 3 nitrogen and oxygen atoms in total. The summed E-state index contributed by atoms with van der Waals surface area (Å²) in [4.78, 5) is 13.3. The summed E-state index contributed by atoms with van der Waals surface area (Å²) >= 11 is 1.39. The predicted octanol–water partition coefficient (Wildman–Crippen LogP) is 4.95. The van der Waals surface area contributed by atoms with Gasteiger partial charge in [-0.1, -0.05) is 19.3 Å². The molecule has 1 aliphatic rings. The molecule has 1 aromatic carbocycles. The number of carbonyl (C=O) groups is 1. The van der Waals surface area contributed by atoms with Gasteiger partial charge in [0.1, 0.15) is 5.75 Å². The summed E-state index contributed by atoms with van der Waals surface area (Å²) in [5.74, 6) is 0.146. The molecule has 0 saturated heterocycles. The summed E-state index contributed by atoms with van der Waals surface area (Å²) < 4.78 is 40.5. The molecule has 1 amide bonds. The Morgan fingerprint density at radius 3 is 2.32 bits per heavy atom. The van der Waals surface area contributed by atoms with Crippen LogP contribution < -0.4 is 10.1 Å². The summed E-state index contributed by atoms with van der Waals surface area (Å²) in [6.07, 6.45) is 1.23. The summed E-state index contributed by atoms with van der Waals surface area (Å²) in [5.41, 5.74) is 0. The summed E-state index contributed by atoms with van der Waals surface area (Å²) in [5, 5.41) is 3.12. The molecule has 25 heavy (non-hydrogen) atoms. The van der Waals surface area contributed by atoms with E-state index in [1.54, 1.807) is 12.1 Å². The monoisotopic (exact) mass is 375 g/mol. The molecule has 0 radical (unpaired) electrons. The van der Waals surface area contributed by atoms with Crippen LogP contribution in [0.3, 0.4) is 0 Å². The van der Waals surface area contributed by atoms with Crippen LogP contribution in [0, 0.1) is 0 Å². The number of ether oxygens (including phenoxy) is 1. The Labute approximate surface area is 150 Å². The Bertz CT molecular complexity index is 567. The molecule has 1 saturated carbocycles. The number of hydrogen-bond donors (Lipinski definition) is 1. The first-order chi connectivity index (χ1) is 11.7. The third-order valence-corrected chi connectivity index (χ3v) is 5.29. The Morgan fingerprint density at radius 2 is 1.76 bits per heavy atom. The van der Waals surface area contributed by atoms with E-state index in [9.17, 15) is 18.0 Å². The van der Waals surface area contributed by atoms with Gasteiger partial charge in [0.2, 0.25) is 5.91 Å². The lowest BCUT2D eigenvalue weighted by atomic mass is 9.95. The zero-order valence-corrected chi connectivity index (χ0v) is 15.3. The van der Waals surface area contributed by atoms with Crippen molar-refractivity contribution in [3.63, 3.8) is 0 Å². The number of hydrogen-bond acceptors (Lipinski definition) is 3. The second-order valence-electron chi connectivity index (χ2n) is 6.80. The number of carbonyl (C=O) groups excluding carboxylic acids is 1. The summed E-state index contributed by atoms with van der Waals surface area (Å²) in [7, 11) is 0. The highest BCUT2D eigenvalue weighted by Gasteiger charge is 2.31. The molecule has 0 aromatic heterocycles. The van der Waals surface area contributed by atoms with Crippen molar-refractivity contribution in [3.05, 3.63) is 24.3 Å². The van der Waals surface area contributed by atoms with Crippen LogP contribution in [0.5, 0.6) is 5.75 Å². The van der Waals surface area contributed by atoms with Crippen LogP contribution >= 0.6 is 11.8 Å². The SMILES string of the molecule is CC(C)(Sc1ccc(OCC(F)(F)F)cc1)C(=O)NC1CCCCC1. The minimum absolute atomic E-state index is 0.0122. The largest absolute Gasteiger partial charge is 0.484 e. The Morgan fingerprint density at radius 1 is 1.16 bits per heavy atom. The molecule has 1 fully saturated rings. The fraction of sp³-hybridized carbons (Fsp3) is 0.611. The summed E-state index contributed by atoms with van der Waals surface area (Å²) in [6, 6.07) is 6.57. The van der Waals surface area contributed by atoms with Crippen molar-refractivity contribution in [2.24, 2.45) is 0 Å². The molecular formula is C18H24F3NO2S. The van der Waals surface area contributed by atoms with Gasteiger partial charge in [0, 0.05) is 10.9 Å². The van der Waals surface area contributed by atoms with Gasteiger partial charge in [-0.15, -0.1) is 11.8 Å². The molecule has 1 N–H and O–H groups in total. The van der Waals surface area contributed by atoms with Gasteiger partial charge in [-0.2, -0.15) is 13.2 Å². The third kappa shape index (κ3) is 6.80. The van der Waals surface area contributed by atoms with Gasteiger partial charge in [-0.05, 0) is 51.0 Å². The van der Waals surface area contributed by atoms with E-state index in [1.165, 1.54) is 30.3 Å². The van der Waals surface area contributed by atoms with Gasteiger partial charge in [0.15, 0.2) is 6.61 Å². The van der Waals surface area contributed by atoms with E-state index in [-0.39, 0.29) is 17.7 Å². The number of nitrogens with one attached hydrogen (secondary N) is 1. The number of alkyl halides is 3. The van der Waals surface area contributed by atoms with Gasteiger partial charge in [0.25, 0.3) is 0 Å². The maximum absolute atomic E-state index is 12.5. The van der Waals surface area contributed by atoms with Crippen LogP contribution in [0.15, 0.2) is 29.2 Å². The molecule has 0 spiro atoms. The van der Waals surface area contributed by atoms with Crippen LogP contribution in [-0.4, -0.2) is 29.5 Å². The quantitative estimate of drug-likeness (QED) is 0.715. The molecule has 7 heteroatoms. The molecule has 1 aromatic rings. The first-order valence-corrected chi connectivity index (χ1v) is 9.27. The minimum Gasteiger partial charge on any atom is -0.484 e. The lowest BCUT2D eigenvalue weighted by Gasteiger charge is -2.29. The van der Waals surface area contributed by atoms with Crippen LogP contribution in [0.1, 0.15) is 46.0 Å². The maximum Gasteiger partial charge on any atom is 0.422 e. The van der Waals surface area contributed by atoms with Crippen LogP contribution in [0.25, 0.3) is 0 Å². The normalized spacial score (nSPS) is 16.5. The van der Waals surface area contributed by atoms with E-state index in [4.69, 9.17) is 0 Å². The van der Waals surface area contributed by atoms with Crippen LogP contribution in [0.4, 0.5) is 13.2 Å². The molecule has 0 unspecified atom stereocenters. The zero-order chi connectivity index (χ0) is 18.5. The number of halogens is 3. The molecule has 140 valence electrons. The van der Waals surface area contributed by atoms with Gasteiger partial charge < -0.3 is 10.1 Å². The lowest BCUT2D eigenvalue weighted by Crippen LogP contribution is -2.45. The van der Waals surface area contributed by atoms with E-state index < -0.39 is 17.5 Å². The predicted molar refractivity (Wildman–Crippen MR) is 92.9 cm³/mol. The Hall–Kier alpha value is -1.37. The average molecular weight is 375 g/mol.